The molecule has 6 nitrogen and oxygen atoms in total. The van der Waals surface area contributed by atoms with Crippen molar-refractivity contribution in [2.45, 2.75) is 25.7 Å². The maximum absolute atomic E-state index is 12.6. The number of anilines is 1. The predicted octanol–water partition coefficient (Wildman–Crippen LogP) is 5.38. The van der Waals surface area contributed by atoms with E-state index in [0.717, 1.165) is 22.4 Å². The smallest absolute Gasteiger partial charge is 0.346 e. The van der Waals surface area contributed by atoms with E-state index in [0.29, 0.717) is 29.4 Å². The van der Waals surface area contributed by atoms with Gasteiger partial charge in [-0.1, -0.05) is 43.3 Å². The fourth-order valence-corrected chi connectivity index (χ4v) is 5.07. The summed E-state index contributed by atoms with van der Waals surface area (Å²) >= 11 is 1.22. The molecular formula is C24H23NO5S. The zero-order chi connectivity index (χ0) is 22.0. The maximum Gasteiger partial charge on any atom is 0.346 e. The number of rotatable bonds is 7. The predicted molar refractivity (Wildman–Crippen MR) is 121 cm³/mol. The van der Waals surface area contributed by atoms with Crippen LogP contribution >= 0.6 is 11.3 Å². The Morgan fingerprint density at radius 1 is 1.19 bits per heavy atom. The number of carbonyl (C=O) groups excluding carboxylic acids is 1. The lowest BCUT2D eigenvalue weighted by Gasteiger charge is -2.24. The average Bonchev–Trinajstić information content (AvgIpc) is 3.17. The van der Waals surface area contributed by atoms with Gasteiger partial charge in [0.05, 0.1) is 19.4 Å². The van der Waals surface area contributed by atoms with Crippen molar-refractivity contribution >= 4 is 28.9 Å². The number of benzene rings is 2. The van der Waals surface area contributed by atoms with Crippen LogP contribution in [-0.4, -0.2) is 30.7 Å². The van der Waals surface area contributed by atoms with Crippen LogP contribution in [0.15, 0.2) is 48.5 Å². The number of hydrogen-bond donors (Lipinski definition) is 2. The molecule has 1 atom stereocenters. The fourth-order valence-electron chi connectivity index (χ4n) is 3.82. The summed E-state index contributed by atoms with van der Waals surface area (Å²) in [6.07, 6.45) is 1.12. The molecule has 2 N–H and O–H groups in total. The van der Waals surface area contributed by atoms with E-state index < -0.39 is 5.97 Å². The first-order valence-electron chi connectivity index (χ1n) is 10.1. The second-order valence-electron chi connectivity index (χ2n) is 7.28. The Balaban J connectivity index is 1.83. The SMILES string of the molecule is CCCOc1ccc([C@H]2CC(=O)Nc3c2sc(C(=O)O)c3-c2ccccc2)cc1OC. The Hall–Kier alpha value is -3.32. The minimum absolute atomic E-state index is 0.144. The third-order valence-electron chi connectivity index (χ3n) is 5.21. The van der Waals surface area contributed by atoms with Gasteiger partial charge in [-0.3, -0.25) is 4.79 Å². The van der Waals surface area contributed by atoms with Gasteiger partial charge in [0.25, 0.3) is 0 Å². The van der Waals surface area contributed by atoms with Crippen molar-refractivity contribution in [2.24, 2.45) is 0 Å². The van der Waals surface area contributed by atoms with Gasteiger partial charge < -0.3 is 19.9 Å². The number of methoxy groups -OCH3 is 1. The highest BCUT2D eigenvalue weighted by Gasteiger charge is 2.34. The minimum atomic E-state index is -1.01. The van der Waals surface area contributed by atoms with Crippen molar-refractivity contribution < 1.29 is 24.2 Å². The van der Waals surface area contributed by atoms with Crippen LogP contribution < -0.4 is 14.8 Å². The summed E-state index contributed by atoms with van der Waals surface area (Å²) in [5, 5.41) is 12.8. The second kappa shape index (κ2) is 8.81. The number of hydrogen-bond acceptors (Lipinski definition) is 5. The Bertz CT molecular complexity index is 1120. The highest BCUT2D eigenvalue weighted by atomic mass is 32.1. The zero-order valence-corrected chi connectivity index (χ0v) is 18.1. The van der Waals surface area contributed by atoms with Crippen LogP contribution in [0.5, 0.6) is 11.5 Å². The van der Waals surface area contributed by atoms with E-state index in [4.69, 9.17) is 9.47 Å². The normalized spacial score (nSPS) is 15.2. The van der Waals surface area contributed by atoms with Gasteiger partial charge in [-0.15, -0.1) is 11.3 Å². The third-order valence-corrected chi connectivity index (χ3v) is 6.51. The number of thiophene rings is 1. The average molecular weight is 438 g/mol. The van der Waals surface area contributed by atoms with Crippen molar-refractivity contribution in [2.75, 3.05) is 19.0 Å². The number of carbonyl (C=O) groups is 2. The molecule has 0 aliphatic carbocycles. The molecule has 0 fully saturated rings. The van der Waals surface area contributed by atoms with E-state index in [1.165, 1.54) is 11.3 Å². The molecule has 0 bridgehead atoms. The highest BCUT2D eigenvalue weighted by Crippen LogP contribution is 2.50. The molecule has 0 saturated heterocycles. The topological polar surface area (TPSA) is 84.9 Å². The maximum atomic E-state index is 12.6. The highest BCUT2D eigenvalue weighted by molar-refractivity contribution is 7.15. The Morgan fingerprint density at radius 3 is 2.65 bits per heavy atom. The first kappa shape index (κ1) is 20.9. The summed E-state index contributed by atoms with van der Waals surface area (Å²) in [6.45, 7) is 2.61. The molecule has 0 spiro atoms. The van der Waals surface area contributed by atoms with Gasteiger partial charge in [0.15, 0.2) is 11.5 Å². The zero-order valence-electron chi connectivity index (χ0n) is 17.3. The summed E-state index contributed by atoms with van der Waals surface area (Å²) in [5.74, 6) is -0.173. The molecule has 1 aromatic heterocycles. The van der Waals surface area contributed by atoms with Crippen LogP contribution in [0.25, 0.3) is 11.1 Å². The van der Waals surface area contributed by atoms with E-state index in [-0.39, 0.29) is 23.1 Å². The lowest BCUT2D eigenvalue weighted by Crippen LogP contribution is -2.22. The van der Waals surface area contributed by atoms with Crippen molar-refractivity contribution in [1.29, 1.82) is 0 Å². The summed E-state index contributed by atoms with van der Waals surface area (Å²) < 4.78 is 11.3. The van der Waals surface area contributed by atoms with E-state index in [9.17, 15) is 14.7 Å². The van der Waals surface area contributed by atoms with Crippen molar-refractivity contribution in [3.8, 4) is 22.6 Å². The Kier molecular flexibility index (Phi) is 5.95. The number of carboxylic acid groups (broad SMARTS) is 1. The fraction of sp³-hybridized carbons (Fsp3) is 0.250. The van der Waals surface area contributed by atoms with Gasteiger partial charge in [-0.2, -0.15) is 0 Å². The Morgan fingerprint density at radius 2 is 1.97 bits per heavy atom. The number of fused-ring (bicyclic) bond motifs is 1. The lowest BCUT2D eigenvalue weighted by molar-refractivity contribution is -0.116. The molecule has 2 aromatic carbocycles. The summed E-state index contributed by atoms with van der Waals surface area (Å²) in [4.78, 5) is 25.7. The minimum Gasteiger partial charge on any atom is -0.493 e. The number of aromatic carboxylic acids is 1. The van der Waals surface area contributed by atoms with Gasteiger partial charge in [-0.05, 0) is 29.7 Å². The molecule has 3 aromatic rings. The van der Waals surface area contributed by atoms with Crippen molar-refractivity contribution in [3.63, 3.8) is 0 Å². The molecule has 1 aliphatic heterocycles. The van der Waals surface area contributed by atoms with E-state index >= 15 is 0 Å². The van der Waals surface area contributed by atoms with Crippen LogP contribution in [-0.2, 0) is 4.79 Å². The van der Waals surface area contributed by atoms with Crippen LogP contribution in [0.3, 0.4) is 0 Å². The van der Waals surface area contributed by atoms with Gasteiger partial charge in [0.2, 0.25) is 5.91 Å². The van der Waals surface area contributed by atoms with E-state index in [1.54, 1.807) is 7.11 Å². The molecule has 1 amide bonds. The number of ether oxygens (including phenoxy) is 2. The first-order valence-corrected chi connectivity index (χ1v) is 10.9. The summed E-state index contributed by atoms with van der Waals surface area (Å²) in [5.41, 5.74) is 2.79. The summed E-state index contributed by atoms with van der Waals surface area (Å²) in [7, 11) is 1.58. The molecule has 0 saturated carbocycles. The molecule has 7 heteroatoms. The van der Waals surface area contributed by atoms with Crippen molar-refractivity contribution in [3.05, 3.63) is 63.8 Å². The van der Waals surface area contributed by atoms with Crippen LogP contribution in [0.1, 0.15) is 45.8 Å². The number of nitrogens with one attached hydrogen (secondary N) is 1. The molecule has 4 rings (SSSR count). The molecular weight excluding hydrogens is 414 g/mol. The van der Waals surface area contributed by atoms with Crippen molar-refractivity contribution in [1.82, 2.24) is 0 Å². The Labute approximate surface area is 184 Å². The van der Waals surface area contributed by atoms with E-state index in [2.05, 4.69) is 5.32 Å². The lowest BCUT2D eigenvalue weighted by atomic mass is 9.88. The molecule has 160 valence electrons. The third kappa shape index (κ3) is 4.01. The van der Waals surface area contributed by atoms with Crippen LogP contribution in [0.4, 0.5) is 5.69 Å². The number of carboxylic acids is 1. The van der Waals surface area contributed by atoms with E-state index in [1.807, 2.05) is 55.5 Å². The first-order chi connectivity index (χ1) is 15.0. The second-order valence-corrected chi connectivity index (χ2v) is 8.33. The number of amides is 1. The molecule has 2 heterocycles. The largest absolute Gasteiger partial charge is 0.493 e. The molecule has 1 aliphatic rings. The molecule has 0 radical (unpaired) electrons. The van der Waals surface area contributed by atoms with Gasteiger partial charge in [-0.25, -0.2) is 4.79 Å². The molecule has 31 heavy (non-hydrogen) atoms. The van der Waals surface area contributed by atoms with Crippen LogP contribution in [0, 0.1) is 0 Å². The van der Waals surface area contributed by atoms with Gasteiger partial charge in [0.1, 0.15) is 4.88 Å². The summed E-state index contributed by atoms with van der Waals surface area (Å²) in [6, 6.07) is 14.9. The standard InChI is InChI=1S/C24H23NO5S/c1-3-11-30-17-10-9-15(12-18(17)29-2)16-13-19(26)25-21-20(14-7-5-4-6-8-14)23(24(27)28)31-22(16)21/h4-10,12,16H,3,11,13H2,1-2H3,(H,25,26)(H,27,28)/t16-/m1/s1. The monoisotopic (exact) mass is 437 g/mol. The van der Waals surface area contributed by atoms with Gasteiger partial charge >= 0.3 is 5.97 Å². The molecule has 0 unspecified atom stereocenters. The van der Waals surface area contributed by atoms with Gasteiger partial charge in [0, 0.05) is 22.8 Å². The quantitative estimate of drug-likeness (QED) is 0.518. The van der Waals surface area contributed by atoms with Crippen LogP contribution in [0.2, 0.25) is 0 Å².